The molecular weight excluding hydrogens is 399 g/mol. The predicted molar refractivity (Wildman–Crippen MR) is 101 cm³/mol. The first-order valence-corrected chi connectivity index (χ1v) is 9.25. The van der Waals surface area contributed by atoms with Gasteiger partial charge in [0.2, 0.25) is 0 Å². The molecule has 4 heterocycles. The number of carbonyl (C=O) groups excluding carboxylic acids is 1. The van der Waals surface area contributed by atoms with Crippen molar-refractivity contribution in [2.45, 2.75) is 13.1 Å². The van der Waals surface area contributed by atoms with Gasteiger partial charge in [0.1, 0.15) is 5.69 Å². The highest BCUT2D eigenvalue weighted by Gasteiger charge is 2.32. The monoisotopic (exact) mass is 417 g/mol. The van der Waals surface area contributed by atoms with Gasteiger partial charge in [0, 0.05) is 38.6 Å². The third kappa shape index (κ3) is 4.09. The van der Waals surface area contributed by atoms with Gasteiger partial charge in [-0.15, -0.1) is 10.2 Å². The Morgan fingerprint density at radius 2 is 1.67 bits per heavy atom. The minimum atomic E-state index is -4.53. The summed E-state index contributed by atoms with van der Waals surface area (Å²) in [6.45, 7) is 3.80. The fourth-order valence-corrected chi connectivity index (χ4v) is 3.16. The Morgan fingerprint density at radius 3 is 2.20 bits per heavy atom. The van der Waals surface area contributed by atoms with Crippen LogP contribution >= 0.6 is 0 Å². The third-order valence-electron chi connectivity index (χ3n) is 4.79. The summed E-state index contributed by atoms with van der Waals surface area (Å²) in [5.41, 5.74) is -0.00353. The molecule has 0 N–H and O–H groups in total. The van der Waals surface area contributed by atoms with Gasteiger partial charge in [-0.05, 0) is 37.3 Å². The first kappa shape index (κ1) is 19.8. The third-order valence-corrected chi connectivity index (χ3v) is 4.79. The molecule has 0 spiro atoms. The van der Waals surface area contributed by atoms with Crippen molar-refractivity contribution in [3.05, 3.63) is 59.7 Å². The number of rotatable bonds is 3. The van der Waals surface area contributed by atoms with Crippen molar-refractivity contribution in [3.63, 3.8) is 0 Å². The molecule has 0 atom stereocenters. The maximum atomic E-state index is 12.6. The predicted octanol–water partition coefficient (Wildman–Crippen LogP) is 2.35. The Morgan fingerprint density at radius 1 is 0.967 bits per heavy atom. The molecule has 0 bridgehead atoms. The number of aromatic nitrogens is 5. The quantitative estimate of drug-likeness (QED) is 0.651. The molecule has 0 aliphatic carbocycles. The first-order valence-electron chi connectivity index (χ1n) is 9.25. The van der Waals surface area contributed by atoms with Crippen LogP contribution in [0.4, 0.5) is 19.0 Å². The molecule has 0 radical (unpaired) electrons. The van der Waals surface area contributed by atoms with Crippen molar-refractivity contribution in [1.82, 2.24) is 29.9 Å². The summed E-state index contributed by atoms with van der Waals surface area (Å²) in [6, 6.07) is 7.52. The van der Waals surface area contributed by atoms with Crippen LogP contribution in [0.25, 0.3) is 5.82 Å². The van der Waals surface area contributed by atoms with Crippen LogP contribution in [0.5, 0.6) is 0 Å². The normalized spacial score (nSPS) is 14.8. The minimum absolute atomic E-state index is 0.134. The van der Waals surface area contributed by atoms with Gasteiger partial charge in [-0.3, -0.25) is 9.78 Å². The van der Waals surface area contributed by atoms with Crippen LogP contribution in [0.2, 0.25) is 0 Å². The van der Waals surface area contributed by atoms with E-state index in [-0.39, 0.29) is 11.5 Å². The van der Waals surface area contributed by atoms with Gasteiger partial charge >= 0.3 is 6.18 Å². The number of anilines is 1. The fourth-order valence-electron chi connectivity index (χ4n) is 3.16. The zero-order valence-corrected chi connectivity index (χ0v) is 16.0. The molecule has 156 valence electrons. The van der Waals surface area contributed by atoms with Crippen LogP contribution < -0.4 is 4.90 Å². The van der Waals surface area contributed by atoms with Crippen molar-refractivity contribution in [3.8, 4) is 5.82 Å². The lowest BCUT2D eigenvalue weighted by molar-refractivity contribution is -0.141. The Balaban J connectivity index is 1.37. The molecule has 0 saturated carbocycles. The van der Waals surface area contributed by atoms with Crippen molar-refractivity contribution in [1.29, 1.82) is 0 Å². The average molecular weight is 417 g/mol. The van der Waals surface area contributed by atoms with E-state index < -0.39 is 11.9 Å². The Bertz CT molecular complexity index is 1020. The van der Waals surface area contributed by atoms with E-state index in [0.29, 0.717) is 37.8 Å². The smallest absolute Gasteiger partial charge is 0.352 e. The second kappa shape index (κ2) is 7.73. The second-order valence-electron chi connectivity index (χ2n) is 6.86. The Hall–Kier alpha value is -3.50. The number of alkyl halides is 3. The van der Waals surface area contributed by atoms with Gasteiger partial charge in [-0.2, -0.15) is 18.3 Å². The zero-order chi connectivity index (χ0) is 21.3. The molecular formula is C19H18F3N7O. The molecule has 1 aliphatic rings. The lowest BCUT2D eigenvalue weighted by atomic mass is 10.2. The van der Waals surface area contributed by atoms with E-state index in [1.54, 1.807) is 15.8 Å². The van der Waals surface area contributed by atoms with Crippen LogP contribution in [0.3, 0.4) is 0 Å². The highest BCUT2D eigenvalue weighted by atomic mass is 19.4. The van der Waals surface area contributed by atoms with Crippen LogP contribution in [-0.4, -0.2) is 61.9 Å². The van der Waals surface area contributed by atoms with Gasteiger partial charge in [0.05, 0.1) is 11.3 Å². The van der Waals surface area contributed by atoms with Crippen LogP contribution in [0, 0.1) is 6.92 Å². The molecule has 11 heteroatoms. The van der Waals surface area contributed by atoms with Crippen molar-refractivity contribution >= 4 is 11.7 Å². The summed E-state index contributed by atoms with van der Waals surface area (Å²) >= 11 is 0. The number of aryl methyl sites for hydroxylation is 1. The summed E-state index contributed by atoms with van der Waals surface area (Å²) in [5, 5.41) is 12.7. The maximum absolute atomic E-state index is 12.6. The van der Waals surface area contributed by atoms with Crippen molar-refractivity contribution < 1.29 is 18.0 Å². The van der Waals surface area contributed by atoms with E-state index in [1.807, 2.05) is 30.0 Å². The number of piperazine rings is 1. The number of pyridine rings is 1. The fraction of sp³-hybridized carbons (Fsp3) is 0.316. The lowest BCUT2D eigenvalue weighted by Gasteiger charge is -2.35. The average Bonchev–Trinajstić information content (AvgIpc) is 3.19. The summed E-state index contributed by atoms with van der Waals surface area (Å²) in [4.78, 5) is 19.5. The highest BCUT2D eigenvalue weighted by molar-refractivity contribution is 5.94. The van der Waals surface area contributed by atoms with E-state index in [9.17, 15) is 18.0 Å². The summed E-state index contributed by atoms with van der Waals surface area (Å²) < 4.78 is 39.5. The van der Waals surface area contributed by atoms with E-state index >= 15 is 0 Å². The standard InChI is InChI=1S/C19H18F3N7O/c1-13-6-7-29(26-13)17-5-4-16(24-25-17)27-8-10-28(11-9-27)18(30)14-2-3-15(23-12-14)19(20,21)22/h2-7,12H,8-11H2,1H3. The molecule has 1 amide bonds. The van der Waals surface area contributed by atoms with E-state index in [2.05, 4.69) is 20.3 Å². The highest BCUT2D eigenvalue weighted by Crippen LogP contribution is 2.27. The van der Waals surface area contributed by atoms with Crippen molar-refractivity contribution in [2.24, 2.45) is 0 Å². The molecule has 0 aromatic carbocycles. The number of amides is 1. The topological polar surface area (TPSA) is 80.0 Å². The molecule has 1 fully saturated rings. The van der Waals surface area contributed by atoms with E-state index in [1.165, 1.54) is 0 Å². The number of halogens is 3. The molecule has 1 aliphatic heterocycles. The largest absolute Gasteiger partial charge is 0.433 e. The minimum Gasteiger partial charge on any atom is -0.352 e. The van der Waals surface area contributed by atoms with Crippen LogP contribution in [0.15, 0.2) is 42.7 Å². The molecule has 1 saturated heterocycles. The van der Waals surface area contributed by atoms with Gasteiger partial charge in [-0.1, -0.05) is 0 Å². The Kier molecular flexibility index (Phi) is 5.10. The molecule has 3 aromatic heterocycles. The zero-order valence-electron chi connectivity index (χ0n) is 16.0. The first-order chi connectivity index (χ1) is 14.3. The lowest BCUT2D eigenvalue weighted by Crippen LogP contribution is -2.49. The number of carbonyl (C=O) groups is 1. The SMILES string of the molecule is Cc1ccn(-c2ccc(N3CCN(C(=O)c4ccc(C(F)(F)F)nc4)CC3)nn2)n1. The number of hydrogen-bond acceptors (Lipinski definition) is 6. The summed E-state index contributed by atoms with van der Waals surface area (Å²) in [6.07, 6.45) is -1.75. The second-order valence-corrected chi connectivity index (χ2v) is 6.86. The molecule has 8 nitrogen and oxygen atoms in total. The maximum Gasteiger partial charge on any atom is 0.433 e. The van der Waals surface area contributed by atoms with E-state index in [4.69, 9.17) is 0 Å². The van der Waals surface area contributed by atoms with Crippen LogP contribution in [0.1, 0.15) is 21.7 Å². The van der Waals surface area contributed by atoms with Crippen LogP contribution in [-0.2, 0) is 6.18 Å². The number of hydrogen-bond donors (Lipinski definition) is 0. The number of nitrogens with zero attached hydrogens (tertiary/aromatic N) is 7. The van der Waals surface area contributed by atoms with Gasteiger partial charge in [-0.25, -0.2) is 4.68 Å². The summed E-state index contributed by atoms with van der Waals surface area (Å²) in [7, 11) is 0. The molecule has 0 unspecified atom stereocenters. The molecule has 4 rings (SSSR count). The molecule has 3 aromatic rings. The van der Waals surface area contributed by atoms with E-state index in [0.717, 1.165) is 24.0 Å². The molecule has 30 heavy (non-hydrogen) atoms. The van der Waals surface area contributed by atoms with Gasteiger partial charge in [0.25, 0.3) is 5.91 Å². The van der Waals surface area contributed by atoms with Gasteiger partial charge in [0.15, 0.2) is 11.6 Å². The Labute approximate surface area is 170 Å². The van der Waals surface area contributed by atoms with Crippen molar-refractivity contribution in [2.75, 3.05) is 31.1 Å². The summed E-state index contributed by atoms with van der Waals surface area (Å²) in [5.74, 6) is 0.952. The van der Waals surface area contributed by atoms with Gasteiger partial charge < -0.3 is 9.80 Å².